The second-order valence-electron chi connectivity index (χ2n) is 2.95. The van der Waals surface area contributed by atoms with Crippen molar-refractivity contribution in [3.8, 4) is 5.88 Å². The van der Waals surface area contributed by atoms with Gasteiger partial charge in [0.05, 0.1) is 18.8 Å². The van der Waals surface area contributed by atoms with Crippen LogP contribution in [-0.4, -0.2) is 12.1 Å². The van der Waals surface area contributed by atoms with Gasteiger partial charge in [0.1, 0.15) is 0 Å². The molecule has 0 fully saturated rings. The fraction of sp³-hybridized carbons (Fsp3) is 0.200. The largest absolute Gasteiger partial charge is 0.481 e. The Morgan fingerprint density at radius 1 is 1.43 bits per heavy atom. The lowest BCUT2D eigenvalue weighted by Crippen LogP contribution is -2.05. The van der Waals surface area contributed by atoms with E-state index in [1.165, 1.54) is 13.4 Å². The van der Waals surface area contributed by atoms with E-state index in [4.69, 9.17) is 9.15 Å². The highest BCUT2D eigenvalue weighted by Gasteiger charge is 2.05. The second kappa shape index (κ2) is 3.14. The number of fused-ring (bicyclic) bond motifs is 1. The summed E-state index contributed by atoms with van der Waals surface area (Å²) in [4.78, 5) is 15.6. The van der Waals surface area contributed by atoms with Gasteiger partial charge in [-0.3, -0.25) is 4.79 Å². The minimum atomic E-state index is -0.0543. The normalized spacial score (nSPS) is 10.4. The first-order valence-corrected chi connectivity index (χ1v) is 4.15. The van der Waals surface area contributed by atoms with Gasteiger partial charge in [0.15, 0.2) is 5.43 Å². The van der Waals surface area contributed by atoms with Crippen LogP contribution in [-0.2, 0) is 0 Å². The van der Waals surface area contributed by atoms with Crippen molar-refractivity contribution >= 4 is 11.1 Å². The second-order valence-corrected chi connectivity index (χ2v) is 2.95. The molecule has 2 aromatic heterocycles. The molecule has 4 heteroatoms. The van der Waals surface area contributed by atoms with Crippen LogP contribution >= 0.6 is 0 Å². The Hall–Kier alpha value is -1.84. The summed E-state index contributed by atoms with van der Waals surface area (Å²) in [5, 5.41) is 0.478. The first-order chi connectivity index (χ1) is 6.72. The van der Waals surface area contributed by atoms with Gasteiger partial charge in [-0.05, 0) is 13.0 Å². The van der Waals surface area contributed by atoms with Crippen LogP contribution in [0, 0.1) is 6.92 Å². The highest BCUT2D eigenvalue weighted by atomic mass is 16.5. The van der Waals surface area contributed by atoms with Crippen LogP contribution in [0.2, 0.25) is 0 Å². The molecule has 0 atom stereocenters. The third-order valence-corrected chi connectivity index (χ3v) is 1.99. The quantitative estimate of drug-likeness (QED) is 0.685. The summed E-state index contributed by atoms with van der Waals surface area (Å²) in [5.74, 6) is 0.435. The minimum Gasteiger partial charge on any atom is -0.481 e. The number of aryl methyl sites for hydroxylation is 1. The van der Waals surface area contributed by atoms with E-state index in [0.29, 0.717) is 22.5 Å². The molecule has 0 aliphatic carbocycles. The average molecular weight is 191 g/mol. The van der Waals surface area contributed by atoms with Gasteiger partial charge < -0.3 is 9.15 Å². The van der Waals surface area contributed by atoms with Gasteiger partial charge in [-0.15, -0.1) is 0 Å². The predicted octanol–water partition coefficient (Wildman–Crippen LogP) is 1.51. The van der Waals surface area contributed by atoms with Gasteiger partial charge in [-0.2, -0.15) is 4.98 Å². The van der Waals surface area contributed by atoms with E-state index >= 15 is 0 Å². The van der Waals surface area contributed by atoms with Crippen molar-refractivity contribution in [3.05, 3.63) is 34.2 Å². The Labute approximate surface area is 80.1 Å². The number of hydrogen-bond acceptors (Lipinski definition) is 4. The molecule has 0 bridgehead atoms. The van der Waals surface area contributed by atoms with Gasteiger partial charge in [0, 0.05) is 11.6 Å². The Kier molecular flexibility index (Phi) is 1.96. The van der Waals surface area contributed by atoms with Gasteiger partial charge in [0.2, 0.25) is 11.6 Å². The van der Waals surface area contributed by atoms with Crippen molar-refractivity contribution in [1.29, 1.82) is 0 Å². The molecule has 0 unspecified atom stereocenters. The summed E-state index contributed by atoms with van der Waals surface area (Å²) in [6.45, 7) is 1.70. The van der Waals surface area contributed by atoms with Crippen molar-refractivity contribution in [3.63, 3.8) is 0 Å². The molecule has 0 spiro atoms. The number of pyridine rings is 1. The smallest absolute Gasteiger partial charge is 0.233 e. The van der Waals surface area contributed by atoms with Gasteiger partial charge in [-0.25, -0.2) is 0 Å². The maximum Gasteiger partial charge on any atom is 0.233 e. The number of aromatic nitrogens is 1. The van der Waals surface area contributed by atoms with Crippen LogP contribution in [0.3, 0.4) is 0 Å². The van der Waals surface area contributed by atoms with Crippen LogP contribution in [0.5, 0.6) is 5.88 Å². The maximum atomic E-state index is 11.6. The Bertz CT molecular complexity index is 530. The summed E-state index contributed by atoms with van der Waals surface area (Å²) < 4.78 is 10.1. The van der Waals surface area contributed by atoms with Crippen LogP contribution in [0.1, 0.15) is 5.56 Å². The Balaban J connectivity index is 2.81. The molecule has 0 radical (unpaired) electrons. The summed E-state index contributed by atoms with van der Waals surface area (Å²) in [6, 6.07) is 3.29. The van der Waals surface area contributed by atoms with Crippen molar-refractivity contribution in [1.82, 2.24) is 4.98 Å². The maximum absolute atomic E-state index is 11.6. The minimum absolute atomic E-state index is 0.0543. The molecular formula is C10H9NO3. The van der Waals surface area contributed by atoms with Crippen LogP contribution in [0.25, 0.3) is 11.1 Å². The SMILES string of the molecule is COc1ccc2c(=O)c(C)coc2n1. The van der Waals surface area contributed by atoms with Crippen molar-refractivity contribution in [2.45, 2.75) is 6.92 Å². The van der Waals surface area contributed by atoms with E-state index in [2.05, 4.69) is 4.98 Å². The monoisotopic (exact) mass is 191 g/mol. The Morgan fingerprint density at radius 2 is 2.21 bits per heavy atom. The standard InChI is InChI=1S/C10H9NO3/c1-6-5-14-10-7(9(6)12)3-4-8(11-10)13-2/h3-5H,1-2H3. The van der Waals surface area contributed by atoms with Crippen LogP contribution in [0.15, 0.2) is 27.6 Å². The Morgan fingerprint density at radius 3 is 2.93 bits per heavy atom. The van der Waals surface area contributed by atoms with E-state index in [0.717, 1.165) is 0 Å². The predicted molar refractivity (Wildman–Crippen MR) is 51.6 cm³/mol. The molecule has 2 aromatic rings. The molecule has 14 heavy (non-hydrogen) atoms. The van der Waals surface area contributed by atoms with Crippen LogP contribution < -0.4 is 10.2 Å². The molecule has 2 heterocycles. The molecule has 0 saturated heterocycles. The van der Waals surface area contributed by atoms with Crippen LogP contribution in [0.4, 0.5) is 0 Å². The van der Waals surface area contributed by atoms with E-state index in [-0.39, 0.29) is 5.43 Å². The molecule has 0 aliphatic heterocycles. The molecule has 72 valence electrons. The van der Waals surface area contributed by atoms with Crippen molar-refractivity contribution in [2.75, 3.05) is 7.11 Å². The summed E-state index contributed by atoms with van der Waals surface area (Å²) in [5.41, 5.74) is 0.825. The zero-order chi connectivity index (χ0) is 10.1. The molecule has 0 N–H and O–H groups in total. The third-order valence-electron chi connectivity index (χ3n) is 1.99. The zero-order valence-electron chi connectivity index (χ0n) is 7.90. The zero-order valence-corrected chi connectivity index (χ0v) is 7.90. The highest BCUT2D eigenvalue weighted by Crippen LogP contribution is 2.13. The molecule has 2 rings (SSSR count). The lowest BCUT2D eigenvalue weighted by atomic mass is 10.2. The van der Waals surface area contributed by atoms with Gasteiger partial charge in [-0.1, -0.05) is 0 Å². The fourth-order valence-electron chi connectivity index (χ4n) is 1.21. The van der Waals surface area contributed by atoms with E-state index in [1.807, 2.05) is 0 Å². The number of rotatable bonds is 1. The molecule has 0 saturated carbocycles. The molecule has 0 aliphatic rings. The molecular weight excluding hydrogens is 182 g/mol. The summed E-state index contributed by atoms with van der Waals surface area (Å²) >= 11 is 0. The topological polar surface area (TPSA) is 52.3 Å². The van der Waals surface area contributed by atoms with Crippen molar-refractivity contribution < 1.29 is 9.15 Å². The van der Waals surface area contributed by atoms with E-state index in [9.17, 15) is 4.79 Å². The molecule has 0 amide bonds. The van der Waals surface area contributed by atoms with E-state index in [1.54, 1.807) is 19.1 Å². The number of ether oxygens (including phenoxy) is 1. The molecule has 0 aromatic carbocycles. The first-order valence-electron chi connectivity index (χ1n) is 4.15. The summed E-state index contributed by atoms with van der Waals surface area (Å²) in [7, 11) is 1.51. The third kappa shape index (κ3) is 1.25. The lowest BCUT2D eigenvalue weighted by Gasteiger charge is -2.00. The summed E-state index contributed by atoms with van der Waals surface area (Å²) in [6.07, 6.45) is 1.40. The molecule has 4 nitrogen and oxygen atoms in total. The fourth-order valence-corrected chi connectivity index (χ4v) is 1.21. The number of methoxy groups -OCH3 is 1. The van der Waals surface area contributed by atoms with Gasteiger partial charge >= 0.3 is 0 Å². The van der Waals surface area contributed by atoms with Gasteiger partial charge in [0.25, 0.3) is 0 Å². The van der Waals surface area contributed by atoms with Crippen molar-refractivity contribution in [2.24, 2.45) is 0 Å². The number of hydrogen-bond donors (Lipinski definition) is 0. The highest BCUT2D eigenvalue weighted by molar-refractivity contribution is 5.73. The first kappa shape index (κ1) is 8.74. The number of nitrogens with zero attached hydrogens (tertiary/aromatic N) is 1. The van der Waals surface area contributed by atoms with E-state index < -0.39 is 0 Å². The lowest BCUT2D eigenvalue weighted by molar-refractivity contribution is 0.396. The average Bonchev–Trinajstić information content (AvgIpc) is 2.23.